The number of carbonyl (C=O) groups excluding carboxylic acids is 1. The number of allylic oxidation sites excluding steroid dienone is 1. The lowest BCUT2D eigenvalue weighted by Gasteiger charge is -2.31. The number of thioether (sulfide) groups is 2. The average molecular weight is 294 g/mol. The van der Waals surface area contributed by atoms with E-state index in [1.54, 1.807) is 29.6 Å². The fourth-order valence-corrected chi connectivity index (χ4v) is 5.30. The van der Waals surface area contributed by atoms with Gasteiger partial charge in [-0.15, -0.1) is 23.5 Å². The molecule has 2 aliphatic rings. The van der Waals surface area contributed by atoms with Gasteiger partial charge in [0, 0.05) is 6.42 Å². The summed E-state index contributed by atoms with van der Waals surface area (Å²) in [7, 11) is 0. The highest BCUT2D eigenvalue weighted by molar-refractivity contribution is 8.17. The molecule has 1 aliphatic heterocycles. The second-order valence-electron chi connectivity index (χ2n) is 4.58. The zero-order valence-electron chi connectivity index (χ0n) is 9.85. The van der Waals surface area contributed by atoms with Crippen LogP contribution in [0, 0.1) is 5.92 Å². The van der Waals surface area contributed by atoms with Crippen LogP contribution in [-0.4, -0.2) is 39.0 Å². The van der Waals surface area contributed by atoms with Crippen LogP contribution in [0.3, 0.4) is 0 Å². The summed E-state index contributed by atoms with van der Waals surface area (Å²) in [5, 5.41) is 9.24. The number of hydrogen-bond donors (Lipinski definition) is 1. The number of carbonyl (C=O) groups is 1. The van der Waals surface area contributed by atoms with Crippen LogP contribution in [0.2, 0.25) is 0 Å². The third kappa shape index (κ3) is 3.08. The molecule has 1 aliphatic carbocycles. The topological polar surface area (TPSA) is 37.3 Å². The number of aliphatic hydroxyl groups excluding tert-OH is 1. The second-order valence-corrected chi connectivity index (χ2v) is 7.38. The van der Waals surface area contributed by atoms with Crippen molar-refractivity contribution in [2.45, 2.75) is 35.9 Å². The standard InChI is InChI=1S/C12H16F2O2S2/c13-12(14)9(15)4-1-3-8(7-10(12)16)11-17-5-2-6-18-11/h1,4,8-9,11,15H,2-3,5-7H2. The molecule has 1 N–H and O–H groups in total. The summed E-state index contributed by atoms with van der Waals surface area (Å²) < 4.78 is 27.2. The number of ketones is 1. The Morgan fingerprint density at radius 2 is 2.00 bits per heavy atom. The van der Waals surface area contributed by atoms with Crippen LogP contribution in [0.15, 0.2) is 12.2 Å². The van der Waals surface area contributed by atoms with Gasteiger partial charge in [0.15, 0.2) is 0 Å². The summed E-state index contributed by atoms with van der Waals surface area (Å²) in [4.78, 5) is 11.6. The third-order valence-electron chi connectivity index (χ3n) is 3.19. The Bertz CT molecular complexity index is 341. The zero-order chi connectivity index (χ0) is 13.2. The quantitative estimate of drug-likeness (QED) is 0.755. The lowest BCUT2D eigenvalue weighted by atomic mass is 9.92. The number of halogens is 2. The second kappa shape index (κ2) is 5.92. The Morgan fingerprint density at radius 3 is 2.67 bits per heavy atom. The van der Waals surface area contributed by atoms with E-state index in [-0.39, 0.29) is 16.9 Å². The van der Waals surface area contributed by atoms with Gasteiger partial charge in [0.05, 0.1) is 4.58 Å². The monoisotopic (exact) mass is 294 g/mol. The summed E-state index contributed by atoms with van der Waals surface area (Å²) in [6.07, 6.45) is 2.26. The minimum Gasteiger partial charge on any atom is -0.382 e. The molecule has 1 fully saturated rings. The summed E-state index contributed by atoms with van der Waals surface area (Å²) in [5.41, 5.74) is 0. The molecule has 0 aromatic heterocycles. The number of rotatable bonds is 1. The van der Waals surface area contributed by atoms with Crippen molar-refractivity contribution in [1.29, 1.82) is 0 Å². The Balaban J connectivity index is 2.10. The predicted octanol–water partition coefficient (Wildman–Crippen LogP) is 2.71. The van der Waals surface area contributed by atoms with E-state index >= 15 is 0 Å². The van der Waals surface area contributed by atoms with Gasteiger partial charge in [-0.1, -0.05) is 12.2 Å². The van der Waals surface area contributed by atoms with Gasteiger partial charge in [-0.05, 0) is 30.3 Å². The van der Waals surface area contributed by atoms with Crippen molar-refractivity contribution in [3.8, 4) is 0 Å². The molecule has 102 valence electrons. The molecule has 1 saturated heterocycles. The molecular weight excluding hydrogens is 278 g/mol. The first-order valence-corrected chi connectivity index (χ1v) is 8.10. The molecule has 0 bridgehead atoms. The molecule has 0 aromatic carbocycles. The van der Waals surface area contributed by atoms with Crippen LogP contribution in [0.5, 0.6) is 0 Å². The maximum absolute atomic E-state index is 13.5. The van der Waals surface area contributed by atoms with E-state index in [1.807, 2.05) is 0 Å². The van der Waals surface area contributed by atoms with Gasteiger partial charge in [0.2, 0.25) is 5.78 Å². The Morgan fingerprint density at radius 1 is 1.33 bits per heavy atom. The Labute approximate surface area is 114 Å². The highest BCUT2D eigenvalue weighted by Crippen LogP contribution is 2.41. The van der Waals surface area contributed by atoms with E-state index in [2.05, 4.69) is 0 Å². The molecule has 1 heterocycles. The molecule has 2 atom stereocenters. The van der Waals surface area contributed by atoms with Crippen molar-refractivity contribution >= 4 is 29.3 Å². The van der Waals surface area contributed by atoms with Crippen molar-refractivity contribution in [3.63, 3.8) is 0 Å². The van der Waals surface area contributed by atoms with Crippen LogP contribution in [-0.2, 0) is 4.79 Å². The molecule has 0 radical (unpaired) electrons. The van der Waals surface area contributed by atoms with E-state index in [9.17, 15) is 18.7 Å². The average Bonchev–Trinajstić information content (AvgIpc) is 2.37. The first-order valence-electron chi connectivity index (χ1n) is 6.01. The van der Waals surface area contributed by atoms with Crippen molar-refractivity contribution in [1.82, 2.24) is 0 Å². The van der Waals surface area contributed by atoms with Crippen molar-refractivity contribution in [2.75, 3.05) is 11.5 Å². The minimum absolute atomic E-state index is 0.0533. The first-order chi connectivity index (χ1) is 8.51. The smallest absolute Gasteiger partial charge is 0.333 e. The van der Waals surface area contributed by atoms with Gasteiger partial charge in [-0.2, -0.15) is 8.78 Å². The van der Waals surface area contributed by atoms with Crippen LogP contribution >= 0.6 is 23.5 Å². The van der Waals surface area contributed by atoms with Gasteiger partial charge in [0.1, 0.15) is 6.10 Å². The number of hydrogen-bond acceptors (Lipinski definition) is 4. The van der Waals surface area contributed by atoms with Crippen LogP contribution in [0.25, 0.3) is 0 Å². The predicted molar refractivity (Wildman–Crippen MR) is 71.1 cm³/mol. The Kier molecular flexibility index (Phi) is 4.72. The lowest BCUT2D eigenvalue weighted by molar-refractivity contribution is -0.156. The van der Waals surface area contributed by atoms with Gasteiger partial charge >= 0.3 is 5.92 Å². The van der Waals surface area contributed by atoms with Gasteiger partial charge in [-0.3, -0.25) is 4.79 Å². The van der Waals surface area contributed by atoms with Gasteiger partial charge < -0.3 is 5.11 Å². The molecule has 18 heavy (non-hydrogen) atoms. The van der Waals surface area contributed by atoms with Gasteiger partial charge in [-0.25, -0.2) is 0 Å². The van der Waals surface area contributed by atoms with Crippen molar-refractivity contribution < 1.29 is 18.7 Å². The molecule has 2 unspecified atom stereocenters. The van der Waals surface area contributed by atoms with E-state index in [1.165, 1.54) is 0 Å². The summed E-state index contributed by atoms with van der Waals surface area (Å²) in [6, 6.07) is 0. The summed E-state index contributed by atoms with van der Waals surface area (Å²) in [6.45, 7) is 0. The molecule has 2 nitrogen and oxygen atoms in total. The molecule has 0 saturated carbocycles. The van der Waals surface area contributed by atoms with E-state index in [0.29, 0.717) is 6.42 Å². The Hall–Kier alpha value is -0.0700. The first kappa shape index (κ1) is 14.3. The molecule has 6 heteroatoms. The fraction of sp³-hybridized carbons (Fsp3) is 0.750. The maximum Gasteiger partial charge on any atom is 0.333 e. The van der Waals surface area contributed by atoms with Gasteiger partial charge in [0.25, 0.3) is 0 Å². The number of Topliss-reactive ketones (excluding diaryl/α,β-unsaturated/α-hetero) is 1. The summed E-state index contributed by atoms with van der Waals surface area (Å²) >= 11 is 3.52. The summed E-state index contributed by atoms with van der Waals surface area (Å²) in [5.74, 6) is -2.76. The lowest BCUT2D eigenvalue weighted by Crippen LogP contribution is -2.42. The van der Waals surface area contributed by atoms with E-state index < -0.39 is 17.8 Å². The van der Waals surface area contributed by atoms with Crippen molar-refractivity contribution in [2.24, 2.45) is 5.92 Å². The number of aliphatic hydroxyl groups is 1. The highest BCUT2D eigenvalue weighted by atomic mass is 32.2. The molecular formula is C12H16F2O2S2. The highest BCUT2D eigenvalue weighted by Gasteiger charge is 2.46. The van der Waals surface area contributed by atoms with Crippen LogP contribution < -0.4 is 0 Å². The number of alkyl halides is 2. The molecule has 0 spiro atoms. The normalized spacial score (nSPS) is 34.1. The minimum atomic E-state index is -3.64. The molecule has 0 amide bonds. The zero-order valence-corrected chi connectivity index (χ0v) is 11.5. The largest absolute Gasteiger partial charge is 0.382 e. The molecule has 0 aromatic rings. The fourth-order valence-electron chi connectivity index (χ4n) is 2.11. The van der Waals surface area contributed by atoms with E-state index in [0.717, 1.165) is 24.0 Å². The third-order valence-corrected chi connectivity index (χ3v) is 6.48. The van der Waals surface area contributed by atoms with E-state index in [4.69, 9.17) is 0 Å². The molecule has 2 rings (SSSR count). The SMILES string of the molecule is O=C1CC(C2SCCCS2)CC=CC(O)C1(F)F. The van der Waals surface area contributed by atoms with Crippen LogP contribution in [0.4, 0.5) is 8.78 Å². The van der Waals surface area contributed by atoms with Crippen LogP contribution in [0.1, 0.15) is 19.3 Å². The maximum atomic E-state index is 13.5. The van der Waals surface area contributed by atoms with Crippen molar-refractivity contribution in [3.05, 3.63) is 12.2 Å².